The van der Waals surface area contributed by atoms with E-state index in [-0.39, 0.29) is 6.10 Å². The van der Waals surface area contributed by atoms with E-state index >= 15 is 0 Å². The minimum atomic E-state index is 0.0259. The predicted molar refractivity (Wildman–Crippen MR) is 87.8 cm³/mol. The van der Waals surface area contributed by atoms with E-state index in [0.29, 0.717) is 0 Å². The molecule has 0 amide bonds. The van der Waals surface area contributed by atoms with Gasteiger partial charge in [0, 0.05) is 24.7 Å². The molecule has 0 bridgehead atoms. The molecule has 21 heavy (non-hydrogen) atoms. The summed E-state index contributed by atoms with van der Waals surface area (Å²) in [5.41, 5.74) is 4.32. The molecular formula is C18H20N2O. The van der Waals surface area contributed by atoms with Crippen molar-refractivity contribution in [2.75, 3.05) is 17.2 Å². The van der Waals surface area contributed by atoms with Gasteiger partial charge in [-0.25, -0.2) is 0 Å². The lowest BCUT2D eigenvalue weighted by molar-refractivity contribution is 0.227. The third kappa shape index (κ3) is 3.19. The van der Waals surface area contributed by atoms with Crippen LogP contribution in [0.1, 0.15) is 25.0 Å². The summed E-state index contributed by atoms with van der Waals surface area (Å²) in [6.07, 6.45) is 0.948. The van der Waals surface area contributed by atoms with Crippen molar-refractivity contribution in [3.8, 4) is 5.75 Å². The molecule has 0 aliphatic carbocycles. The summed E-state index contributed by atoms with van der Waals surface area (Å²) in [6.45, 7) is 6.95. The lowest BCUT2D eigenvalue weighted by Crippen LogP contribution is -2.04. The number of hydrogen-bond acceptors (Lipinski definition) is 3. The van der Waals surface area contributed by atoms with Gasteiger partial charge in [0.05, 0.1) is 11.4 Å². The first-order chi connectivity index (χ1) is 10.2. The lowest BCUT2D eigenvalue weighted by atomic mass is 10.1. The Morgan fingerprint density at radius 1 is 1.10 bits per heavy atom. The van der Waals surface area contributed by atoms with Gasteiger partial charge in [0.25, 0.3) is 0 Å². The minimum Gasteiger partial charge on any atom is -0.486 e. The fraction of sp³-hybridized carbons (Fsp3) is 0.222. The standard InChI is InChI=1S/C18H20N2O/c1-13-10-11-19-18-12-16(8-9-17(18)20-13)21-14(2)15-6-4-3-5-7-15/h3-9,12,14,19-20H,1,10-11H2,2H3. The van der Waals surface area contributed by atoms with Crippen molar-refractivity contribution < 1.29 is 4.74 Å². The zero-order valence-electron chi connectivity index (χ0n) is 12.2. The molecule has 0 saturated carbocycles. The molecule has 3 rings (SSSR count). The second kappa shape index (κ2) is 5.92. The van der Waals surface area contributed by atoms with Crippen LogP contribution in [0.25, 0.3) is 0 Å². The molecular weight excluding hydrogens is 260 g/mol. The normalized spacial score (nSPS) is 15.2. The summed E-state index contributed by atoms with van der Waals surface area (Å²) in [5.74, 6) is 0.868. The Hall–Kier alpha value is -2.42. The Labute approximate surface area is 125 Å². The van der Waals surface area contributed by atoms with Crippen molar-refractivity contribution in [1.29, 1.82) is 0 Å². The maximum Gasteiger partial charge on any atom is 0.122 e. The van der Waals surface area contributed by atoms with E-state index < -0.39 is 0 Å². The average Bonchev–Trinajstić information content (AvgIpc) is 2.68. The Balaban J connectivity index is 1.78. The van der Waals surface area contributed by atoms with Crippen LogP contribution >= 0.6 is 0 Å². The van der Waals surface area contributed by atoms with E-state index in [1.54, 1.807) is 0 Å². The number of rotatable bonds is 3. The van der Waals surface area contributed by atoms with Crippen molar-refractivity contribution in [3.05, 3.63) is 66.4 Å². The second-order valence-electron chi connectivity index (χ2n) is 5.28. The number of nitrogens with one attached hydrogen (secondary N) is 2. The van der Waals surface area contributed by atoms with Crippen LogP contribution in [-0.4, -0.2) is 6.54 Å². The summed E-state index contributed by atoms with van der Waals surface area (Å²) in [4.78, 5) is 0. The number of anilines is 2. The monoisotopic (exact) mass is 280 g/mol. The summed E-state index contributed by atoms with van der Waals surface area (Å²) in [5, 5.41) is 6.73. The largest absolute Gasteiger partial charge is 0.486 e. The summed E-state index contributed by atoms with van der Waals surface area (Å²) >= 11 is 0. The van der Waals surface area contributed by atoms with E-state index in [0.717, 1.165) is 35.8 Å². The molecule has 3 heteroatoms. The Morgan fingerprint density at radius 3 is 2.71 bits per heavy atom. The first kappa shape index (κ1) is 13.6. The van der Waals surface area contributed by atoms with Gasteiger partial charge in [-0.2, -0.15) is 0 Å². The van der Waals surface area contributed by atoms with Crippen LogP contribution in [0.4, 0.5) is 11.4 Å². The van der Waals surface area contributed by atoms with Crippen molar-refractivity contribution in [3.63, 3.8) is 0 Å². The number of fused-ring (bicyclic) bond motifs is 1. The molecule has 0 radical (unpaired) electrons. The van der Waals surface area contributed by atoms with Crippen LogP contribution in [0.2, 0.25) is 0 Å². The first-order valence-corrected chi connectivity index (χ1v) is 7.27. The van der Waals surface area contributed by atoms with Gasteiger partial charge in [-0.1, -0.05) is 36.9 Å². The zero-order valence-corrected chi connectivity index (χ0v) is 12.2. The molecule has 0 saturated heterocycles. The summed E-state index contributed by atoms with van der Waals surface area (Å²) in [6, 6.07) is 16.3. The van der Waals surface area contributed by atoms with Gasteiger partial charge in [-0.05, 0) is 24.6 Å². The Kier molecular flexibility index (Phi) is 3.82. The second-order valence-corrected chi connectivity index (χ2v) is 5.28. The van der Waals surface area contributed by atoms with Crippen molar-refractivity contribution >= 4 is 11.4 Å². The molecule has 2 aromatic carbocycles. The maximum absolute atomic E-state index is 6.04. The Morgan fingerprint density at radius 2 is 1.90 bits per heavy atom. The van der Waals surface area contributed by atoms with Gasteiger partial charge >= 0.3 is 0 Å². The molecule has 1 aliphatic heterocycles. The van der Waals surface area contributed by atoms with Crippen LogP contribution < -0.4 is 15.4 Å². The molecule has 0 aromatic heterocycles. The SMILES string of the molecule is C=C1CCNc2cc(OC(C)c3ccccc3)ccc2N1. The average molecular weight is 280 g/mol. The van der Waals surface area contributed by atoms with E-state index in [4.69, 9.17) is 4.74 Å². The molecule has 2 aromatic rings. The quantitative estimate of drug-likeness (QED) is 0.864. The van der Waals surface area contributed by atoms with E-state index in [2.05, 4.69) is 36.3 Å². The van der Waals surface area contributed by atoms with Crippen molar-refractivity contribution in [1.82, 2.24) is 0 Å². The third-order valence-electron chi connectivity index (χ3n) is 3.63. The van der Waals surface area contributed by atoms with Crippen LogP contribution in [0, 0.1) is 0 Å². The topological polar surface area (TPSA) is 33.3 Å². The minimum absolute atomic E-state index is 0.0259. The van der Waals surface area contributed by atoms with Gasteiger partial charge < -0.3 is 15.4 Å². The fourth-order valence-electron chi connectivity index (χ4n) is 2.45. The molecule has 0 fully saturated rings. The highest BCUT2D eigenvalue weighted by atomic mass is 16.5. The number of benzene rings is 2. The number of ether oxygens (including phenoxy) is 1. The van der Waals surface area contributed by atoms with Crippen molar-refractivity contribution in [2.45, 2.75) is 19.4 Å². The predicted octanol–water partition coefficient (Wildman–Crippen LogP) is 4.57. The van der Waals surface area contributed by atoms with Crippen LogP contribution in [0.5, 0.6) is 5.75 Å². The highest BCUT2D eigenvalue weighted by molar-refractivity contribution is 5.73. The maximum atomic E-state index is 6.04. The van der Waals surface area contributed by atoms with Crippen molar-refractivity contribution in [2.24, 2.45) is 0 Å². The van der Waals surface area contributed by atoms with Crippen LogP contribution in [0.3, 0.4) is 0 Å². The van der Waals surface area contributed by atoms with Gasteiger partial charge in [-0.3, -0.25) is 0 Å². The fourth-order valence-corrected chi connectivity index (χ4v) is 2.45. The van der Waals surface area contributed by atoms with Gasteiger partial charge in [0.15, 0.2) is 0 Å². The van der Waals surface area contributed by atoms with E-state index in [1.807, 2.05) is 36.4 Å². The molecule has 1 aliphatic rings. The first-order valence-electron chi connectivity index (χ1n) is 7.27. The molecule has 108 valence electrons. The molecule has 2 N–H and O–H groups in total. The van der Waals surface area contributed by atoms with Crippen LogP contribution in [-0.2, 0) is 0 Å². The zero-order chi connectivity index (χ0) is 14.7. The smallest absolute Gasteiger partial charge is 0.122 e. The lowest BCUT2D eigenvalue weighted by Gasteiger charge is -2.17. The highest BCUT2D eigenvalue weighted by Gasteiger charge is 2.12. The molecule has 0 spiro atoms. The molecule has 1 atom stereocenters. The van der Waals surface area contributed by atoms with Gasteiger partial charge in [0.1, 0.15) is 11.9 Å². The van der Waals surface area contributed by atoms with Crippen LogP contribution in [0.15, 0.2) is 60.8 Å². The summed E-state index contributed by atoms with van der Waals surface area (Å²) in [7, 11) is 0. The Bertz CT molecular complexity index is 637. The van der Waals surface area contributed by atoms with E-state index in [1.165, 1.54) is 5.56 Å². The number of hydrogen-bond donors (Lipinski definition) is 2. The summed E-state index contributed by atoms with van der Waals surface area (Å²) < 4.78 is 6.04. The molecule has 3 nitrogen and oxygen atoms in total. The van der Waals surface area contributed by atoms with Gasteiger partial charge in [0.2, 0.25) is 0 Å². The highest BCUT2D eigenvalue weighted by Crippen LogP contribution is 2.32. The van der Waals surface area contributed by atoms with Gasteiger partial charge in [-0.15, -0.1) is 0 Å². The third-order valence-corrected chi connectivity index (χ3v) is 3.63. The molecule has 1 heterocycles. The molecule has 1 unspecified atom stereocenters. The van der Waals surface area contributed by atoms with E-state index in [9.17, 15) is 0 Å².